The van der Waals surface area contributed by atoms with E-state index in [1.807, 2.05) is 0 Å². The van der Waals surface area contributed by atoms with E-state index in [0.717, 1.165) is 12.6 Å². The Hall–Kier alpha value is -0.0800. The van der Waals surface area contributed by atoms with Gasteiger partial charge in [-0.05, 0) is 37.6 Å². The molecule has 1 saturated carbocycles. The standard InChI is InChI=1S/C15H32N2/c1-6-10-17(14-8-9-14)12-15(5,7-2)11-16-13(3)4/h13-14,16H,6-12H2,1-5H3. The second-order valence-corrected chi connectivity index (χ2v) is 6.40. The van der Waals surface area contributed by atoms with Crippen LogP contribution in [-0.2, 0) is 0 Å². The summed E-state index contributed by atoms with van der Waals surface area (Å²) in [5, 5.41) is 3.62. The van der Waals surface area contributed by atoms with Gasteiger partial charge >= 0.3 is 0 Å². The molecule has 17 heavy (non-hydrogen) atoms. The van der Waals surface area contributed by atoms with E-state index in [1.165, 1.54) is 38.8 Å². The zero-order valence-electron chi connectivity index (χ0n) is 12.6. The van der Waals surface area contributed by atoms with Crippen molar-refractivity contribution >= 4 is 0 Å². The molecule has 1 rings (SSSR count). The number of nitrogens with zero attached hydrogens (tertiary/aromatic N) is 1. The summed E-state index contributed by atoms with van der Waals surface area (Å²) < 4.78 is 0. The Kier molecular flexibility index (Phi) is 5.94. The lowest BCUT2D eigenvalue weighted by atomic mass is 9.86. The lowest BCUT2D eigenvalue weighted by molar-refractivity contribution is 0.146. The highest BCUT2D eigenvalue weighted by Crippen LogP contribution is 2.31. The van der Waals surface area contributed by atoms with E-state index in [4.69, 9.17) is 0 Å². The highest BCUT2D eigenvalue weighted by molar-refractivity contribution is 4.89. The third kappa shape index (κ3) is 5.39. The van der Waals surface area contributed by atoms with Crippen LogP contribution in [0.25, 0.3) is 0 Å². The SMILES string of the molecule is CCCN(CC(C)(CC)CNC(C)C)C1CC1. The van der Waals surface area contributed by atoms with Gasteiger partial charge in [0.15, 0.2) is 0 Å². The normalized spacial score (nSPS) is 19.9. The highest BCUT2D eigenvalue weighted by Gasteiger charge is 2.33. The molecule has 0 heterocycles. The minimum absolute atomic E-state index is 0.433. The number of nitrogens with one attached hydrogen (secondary N) is 1. The Morgan fingerprint density at radius 1 is 1.29 bits per heavy atom. The molecule has 0 aromatic carbocycles. The van der Waals surface area contributed by atoms with Crippen molar-refractivity contribution in [1.82, 2.24) is 10.2 Å². The Bertz CT molecular complexity index is 211. The van der Waals surface area contributed by atoms with Crippen molar-refractivity contribution in [2.45, 2.75) is 72.4 Å². The quantitative estimate of drug-likeness (QED) is 0.665. The minimum atomic E-state index is 0.433. The van der Waals surface area contributed by atoms with Crippen LogP contribution in [0.2, 0.25) is 0 Å². The highest BCUT2D eigenvalue weighted by atomic mass is 15.2. The van der Waals surface area contributed by atoms with Gasteiger partial charge in [0.1, 0.15) is 0 Å². The summed E-state index contributed by atoms with van der Waals surface area (Å²) in [5.41, 5.74) is 0.433. The molecule has 1 fully saturated rings. The number of rotatable bonds is 9. The fraction of sp³-hybridized carbons (Fsp3) is 1.00. The summed E-state index contributed by atoms with van der Waals surface area (Å²) in [5.74, 6) is 0. The van der Waals surface area contributed by atoms with Gasteiger partial charge in [-0.3, -0.25) is 4.90 Å². The van der Waals surface area contributed by atoms with Gasteiger partial charge in [0.25, 0.3) is 0 Å². The number of hydrogen-bond donors (Lipinski definition) is 1. The van der Waals surface area contributed by atoms with Crippen LogP contribution in [0.3, 0.4) is 0 Å². The summed E-state index contributed by atoms with van der Waals surface area (Å²) >= 11 is 0. The summed E-state index contributed by atoms with van der Waals surface area (Å²) in [6, 6.07) is 1.50. The summed E-state index contributed by atoms with van der Waals surface area (Å²) in [6.07, 6.45) is 5.41. The van der Waals surface area contributed by atoms with E-state index < -0.39 is 0 Å². The predicted molar refractivity (Wildman–Crippen MR) is 76.4 cm³/mol. The van der Waals surface area contributed by atoms with E-state index in [2.05, 4.69) is 44.8 Å². The molecule has 0 bridgehead atoms. The van der Waals surface area contributed by atoms with E-state index in [9.17, 15) is 0 Å². The molecule has 0 amide bonds. The predicted octanol–water partition coefficient (Wildman–Crippen LogP) is 3.28. The van der Waals surface area contributed by atoms with Gasteiger partial charge in [-0.2, -0.15) is 0 Å². The average molecular weight is 240 g/mol. The fourth-order valence-corrected chi connectivity index (χ4v) is 2.35. The van der Waals surface area contributed by atoms with Crippen LogP contribution >= 0.6 is 0 Å². The molecule has 1 aliphatic carbocycles. The zero-order valence-corrected chi connectivity index (χ0v) is 12.6. The molecule has 102 valence electrons. The Labute approximate surface area is 108 Å². The van der Waals surface area contributed by atoms with Gasteiger partial charge in [-0.1, -0.05) is 34.6 Å². The van der Waals surface area contributed by atoms with Crippen LogP contribution in [0.4, 0.5) is 0 Å². The monoisotopic (exact) mass is 240 g/mol. The molecule has 1 N–H and O–H groups in total. The molecular weight excluding hydrogens is 208 g/mol. The van der Waals surface area contributed by atoms with E-state index in [1.54, 1.807) is 0 Å². The third-order valence-electron chi connectivity index (χ3n) is 3.95. The molecule has 1 atom stereocenters. The summed E-state index contributed by atoms with van der Waals surface area (Å²) in [6.45, 7) is 15.2. The van der Waals surface area contributed by atoms with Crippen LogP contribution in [0.15, 0.2) is 0 Å². The molecule has 1 unspecified atom stereocenters. The van der Waals surface area contributed by atoms with Crippen molar-refractivity contribution in [3.05, 3.63) is 0 Å². The van der Waals surface area contributed by atoms with E-state index in [0.29, 0.717) is 11.5 Å². The maximum Gasteiger partial charge on any atom is 0.00966 e. The molecule has 0 aromatic rings. The Morgan fingerprint density at radius 3 is 2.35 bits per heavy atom. The van der Waals surface area contributed by atoms with Crippen molar-refractivity contribution in [2.75, 3.05) is 19.6 Å². The van der Waals surface area contributed by atoms with Crippen molar-refractivity contribution in [1.29, 1.82) is 0 Å². The van der Waals surface area contributed by atoms with Crippen molar-refractivity contribution < 1.29 is 0 Å². The molecule has 2 nitrogen and oxygen atoms in total. The molecular formula is C15H32N2. The van der Waals surface area contributed by atoms with Gasteiger partial charge in [0.2, 0.25) is 0 Å². The Balaban J connectivity index is 2.46. The Morgan fingerprint density at radius 2 is 1.94 bits per heavy atom. The molecule has 0 radical (unpaired) electrons. The maximum absolute atomic E-state index is 3.62. The molecule has 1 aliphatic rings. The smallest absolute Gasteiger partial charge is 0.00966 e. The van der Waals surface area contributed by atoms with Crippen molar-refractivity contribution in [2.24, 2.45) is 5.41 Å². The van der Waals surface area contributed by atoms with Crippen LogP contribution in [0.1, 0.15) is 60.3 Å². The van der Waals surface area contributed by atoms with E-state index in [-0.39, 0.29) is 0 Å². The molecule has 0 aromatic heterocycles. The molecule has 0 spiro atoms. The second kappa shape index (κ2) is 6.75. The van der Waals surface area contributed by atoms with Crippen LogP contribution in [0, 0.1) is 5.41 Å². The topological polar surface area (TPSA) is 15.3 Å². The van der Waals surface area contributed by atoms with E-state index >= 15 is 0 Å². The van der Waals surface area contributed by atoms with Crippen LogP contribution in [-0.4, -0.2) is 36.6 Å². The van der Waals surface area contributed by atoms with Gasteiger partial charge in [-0.15, -0.1) is 0 Å². The zero-order chi connectivity index (χ0) is 12.9. The summed E-state index contributed by atoms with van der Waals surface area (Å²) in [4.78, 5) is 2.73. The van der Waals surface area contributed by atoms with Gasteiger partial charge in [-0.25, -0.2) is 0 Å². The molecule has 2 heteroatoms. The first-order valence-electron chi connectivity index (χ1n) is 7.48. The summed E-state index contributed by atoms with van der Waals surface area (Å²) in [7, 11) is 0. The largest absolute Gasteiger partial charge is 0.314 e. The molecule has 0 aliphatic heterocycles. The van der Waals surface area contributed by atoms with Crippen LogP contribution in [0.5, 0.6) is 0 Å². The van der Waals surface area contributed by atoms with Crippen molar-refractivity contribution in [3.8, 4) is 0 Å². The first-order valence-corrected chi connectivity index (χ1v) is 7.48. The van der Waals surface area contributed by atoms with Gasteiger partial charge < -0.3 is 5.32 Å². The second-order valence-electron chi connectivity index (χ2n) is 6.40. The maximum atomic E-state index is 3.62. The molecule has 0 saturated heterocycles. The van der Waals surface area contributed by atoms with Crippen LogP contribution < -0.4 is 5.32 Å². The third-order valence-corrected chi connectivity index (χ3v) is 3.95. The van der Waals surface area contributed by atoms with Crippen molar-refractivity contribution in [3.63, 3.8) is 0 Å². The number of hydrogen-bond acceptors (Lipinski definition) is 2. The lowest BCUT2D eigenvalue weighted by Gasteiger charge is -2.36. The van der Waals surface area contributed by atoms with Gasteiger partial charge in [0.05, 0.1) is 0 Å². The lowest BCUT2D eigenvalue weighted by Crippen LogP contribution is -2.44. The first-order chi connectivity index (χ1) is 8.00. The first kappa shape index (κ1) is 15.0. The van der Waals surface area contributed by atoms with Gasteiger partial charge in [0, 0.05) is 25.2 Å². The fourth-order valence-electron chi connectivity index (χ4n) is 2.35. The average Bonchev–Trinajstić information content (AvgIpc) is 3.10. The minimum Gasteiger partial charge on any atom is -0.314 e.